The molecule has 0 saturated heterocycles. The molecule has 0 aromatic carbocycles. The minimum atomic E-state index is 0. The van der Waals surface area contributed by atoms with Crippen molar-refractivity contribution in [2.45, 2.75) is 0 Å². The van der Waals surface area contributed by atoms with E-state index in [1.165, 1.54) is 0 Å². The number of hydrogen-bond donors (Lipinski definition) is 2. The van der Waals surface area contributed by atoms with E-state index in [1.54, 1.807) is 0 Å². The first-order valence-electron chi connectivity index (χ1n) is 2.21. The Bertz CT molecular complexity index is 21.7. The number of nitrogens with one attached hydrogen (secondary N) is 2. The average molecular weight is 161 g/mol. The fourth-order valence-electron chi connectivity index (χ4n) is 0.250. The number of hydrogen-bond acceptors (Lipinski definition) is 2. The van der Waals surface area contributed by atoms with Crippen LogP contribution >= 0.6 is 0 Å². The molecule has 0 bridgehead atoms. The normalized spacial score (nSPS) is 7.71. The van der Waals surface area contributed by atoms with Crippen molar-refractivity contribution in [3.05, 3.63) is 0 Å². The van der Waals surface area contributed by atoms with E-state index in [-0.39, 0.29) is 17.6 Å². The molecule has 0 amide bonds. The quantitative estimate of drug-likeness (QED) is 0.411. The summed E-state index contributed by atoms with van der Waals surface area (Å²) in [6.45, 7) is 2.10. The summed E-state index contributed by atoms with van der Waals surface area (Å²) < 4.78 is 0. The molecular weight excluding hydrogens is 149 g/mol. The summed E-state index contributed by atoms with van der Waals surface area (Å²) in [4.78, 5) is 0. The Morgan fingerprint density at radius 3 is 1.43 bits per heavy atom. The third-order valence-electron chi connectivity index (χ3n) is 0.625. The van der Waals surface area contributed by atoms with E-state index in [9.17, 15) is 0 Å². The summed E-state index contributed by atoms with van der Waals surface area (Å²) in [5, 5.41) is 6.01. The summed E-state index contributed by atoms with van der Waals surface area (Å²) in [5.74, 6) is 0. The zero-order valence-electron chi connectivity index (χ0n) is 4.91. The molecule has 0 saturated carbocycles. The second-order valence-electron chi connectivity index (χ2n) is 1.21. The molecule has 2 nitrogen and oxygen atoms in total. The molecule has 0 spiro atoms. The number of likely N-dealkylation sites (N-methyl/N-ethyl adjacent to an activating group) is 2. The first-order chi connectivity index (χ1) is 2.91. The maximum atomic E-state index is 3.01. The van der Waals surface area contributed by atoms with Gasteiger partial charge in [0, 0.05) is 30.7 Å². The molecule has 42 valence electrons. The molecule has 0 heterocycles. The molecule has 0 rings (SSSR count). The fourth-order valence-corrected chi connectivity index (χ4v) is 0.250. The second-order valence-corrected chi connectivity index (χ2v) is 1.21. The predicted molar refractivity (Wildman–Crippen MR) is 33.6 cm³/mol. The SMILES string of the molecule is CNCCNC.[Ge]. The molecule has 0 unspecified atom stereocenters. The van der Waals surface area contributed by atoms with Crippen molar-refractivity contribution in [2.24, 2.45) is 0 Å². The molecule has 0 fully saturated rings. The maximum Gasteiger partial charge on any atom is 0.00736 e. The Morgan fingerprint density at radius 1 is 1.00 bits per heavy atom. The van der Waals surface area contributed by atoms with Crippen LogP contribution in [0.1, 0.15) is 0 Å². The molecule has 0 aromatic heterocycles. The van der Waals surface area contributed by atoms with E-state index in [4.69, 9.17) is 0 Å². The van der Waals surface area contributed by atoms with E-state index < -0.39 is 0 Å². The second kappa shape index (κ2) is 9.68. The largest absolute Gasteiger partial charge is 0.318 e. The van der Waals surface area contributed by atoms with Gasteiger partial charge in [-0.15, -0.1) is 0 Å². The van der Waals surface area contributed by atoms with Crippen LogP contribution in [0.25, 0.3) is 0 Å². The molecule has 0 atom stereocenters. The van der Waals surface area contributed by atoms with Crippen molar-refractivity contribution in [3.8, 4) is 0 Å². The first-order valence-corrected chi connectivity index (χ1v) is 2.21. The van der Waals surface area contributed by atoms with Gasteiger partial charge >= 0.3 is 0 Å². The minimum Gasteiger partial charge on any atom is -0.318 e. The van der Waals surface area contributed by atoms with E-state index in [1.807, 2.05) is 14.1 Å². The van der Waals surface area contributed by atoms with Crippen molar-refractivity contribution in [1.29, 1.82) is 0 Å². The van der Waals surface area contributed by atoms with Crippen LogP contribution in [0.2, 0.25) is 0 Å². The van der Waals surface area contributed by atoms with Crippen molar-refractivity contribution < 1.29 is 0 Å². The zero-order chi connectivity index (χ0) is 4.83. The van der Waals surface area contributed by atoms with Gasteiger partial charge in [-0.3, -0.25) is 0 Å². The van der Waals surface area contributed by atoms with Crippen LogP contribution < -0.4 is 10.6 Å². The third kappa shape index (κ3) is 10.7. The van der Waals surface area contributed by atoms with Crippen molar-refractivity contribution in [2.75, 3.05) is 27.2 Å². The van der Waals surface area contributed by atoms with Crippen LogP contribution in [-0.4, -0.2) is 44.8 Å². The molecule has 7 heavy (non-hydrogen) atoms. The van der Waals surface area contributed by atoms with Gasteiger partial charge in [0.2, 0.25) is 0 Å². The monoisotopic (exact) mass is 162 g/mol. The van der Waals surface area contributed by atoms with Gasteiger partial charge < -0.3 is 10.6 Å². The third-order valence-corrected chi connectivity index (χ3v) is 0.625. The molecule has 2 N–H and O–H groups in total. The molecule has 4 radical (unpaired) electrons. The van der Waals surface area contributed by atoms with Gasteiger partial charge in [0.15, 0.2) is 0 Å². The molecule has 0 aliphatic heterocycles. The van der Waals surface area contributed by atoms with Crippen molar-refractivity contribution >= 4 is 17.6 Å². The number of rotatable bonds is 3. The topological polar surface area (TPSA) is 24.1 Å². The molecule has 0 aromatic rings. The van der Waals surface area contributed by atoms with Gasteiger partial charge in [0.05, 0.1) is 0 Å². The van der Waals surface area contributed by atoms with Crippen molar-refractivity contribution in [3.63, 3.8) is 0 Å². The smallest absolute Gasteiger partial charge is 0.00736 e. The minimum absolute atomic E-state index is 0. The van der Waals surface area contributed by atoms with Gasteiger partial charge in [0.1, 0.15) is 0 Å². The Balaban J connectivity index is 0. The van der Waals surface area contributed by atoms with Gasteiger partial charge in [-0.25, -0.2) is 0 Å². The van der Waals surface area contributed by atoms with Gasteiger partial charge in [-0.05, 0) is 14.1 Å². The van der Waals surface area contributed by atoms with Gasteiger partial charge in [-0.1, -0.05) is 0 Å². The van der Waals surface area contributed by atoms with Crippen LogP contribution in [-0.2, 0) is 0 Å². The summed E-state index contributed by atoms with van der Waals surface area (Å²) in [6.07, 6.45) is 0. The summed E-state index contributed by atoms with van der Waals surface area (Å²) in [7, 11) is 3.88. The maximum absolute atomic E-state index is 3.01. The summed E-state index contributed by atoms with van der Waals surface area (Å²) in [6, 6.07) is 0. The van der Waals surface area contributed by atoms with Crippen LogP contribution in [0.15, 0.2) is 0 Å². The van der Waals surface area contributed by atoms with Crippen LogP contribution in [0.4, 0.5) is 0 Å². The Labute approximate surface area is 56.0 Å². The van der Waals surface area contributed by atoms with Gasteiger partial charge in [-0.2, -0.15) is 0 Å². The van der Waals surface area contributed by atoms with Crippen molar-refractivity contribution in [1.82, 2.24) is 10.6 Å². The molecular formula is C4H12GeN2. The molecule has 0 aliphatic rings. The fraction of sp³-hybridized carbons (Fsp3) is 1.00. The Kier molecular flexibility index (Phi) is 14.4. The zero-order valence-corrected chi connectivity index (χ0v) is 7.01. The Morgan fingerprint density at radius 2 is 1.29 bits per heavy atom. The summed E-state index contributed by atoms with van der Waals surface area (Å²) in [5.41, 5.74) is 0. The van der Waals surface area contributed by atoms with E-state index in [0.29, 0.717) is 0 Å². The Hall–Kier alpha value is 0.463. The van der Waals surface area contributed by atoms with Crippen LogP contribution in [0.3, 0.4) is 0 Å². The summed E-state index contributed by atoms with van der Waals surface area (Å²) >= 11 is 0. The van der Waals surface area contributed by atoms with Crippen LogP contribution in [0.5, 0.6) is 0 Å². The van der Waals surface area contributed by atoms with Gasteiger partial charge in [0.25, 0.3) is 0 Å². The molecule has 3 heteroatoms. The predicted octanol–water partition coefficient (Wildman–Crippen LogP) is -0.956. The van der Waals surface area contributed by atoms with E-state index in [2.05, 4.69) is 10.6 Å². The van der Waals surface area contributed by atoms with Crippen LogP contribution in [0, 0.1) is 0 Å². The molecule has 0 aliphatic carbocycles. The van der Waals surface area contributed by atoms with E-state index >= 15 is 0 Å². The van der Waals surface area contributed by atoms with E-state index in [0.717, 1.165) is 13.1 Å². The first kappa shape index (κ1) is 10.4. The average Bonchev–Trinajstić information content (AvgIpc) is 1.61. The standard InChI is InChI=1S/C4H12N2.Ge/c1-5-3-4-6-2;/h5-6H,3-4H2,1-2H3;.